The lowest BCUT2D eigenvalue weighted by Crippen LogP contribution is -2.41. The standard InChI is InChI=1S/C19H28BClO4/c1-8-23-16(22)12-17(2,3)14-10-9-13(11-15(14)21)20-24-18(4,5)19(6,7)25-20/h9-11H,8,12H2,1-7H3. The largest absolute Gasteiger partial charge is 0.494 e. The molecule has 0 atom stereocenters. The fourth-order valence-electron chi connectivity index (χ4n) is 2.87. The molecule has 2 rings (SSSR count). The van der Waals surface area contributed by atoms with Crippen LogP contribution in [0.3, 0.4) is 0 Å². The minimum Gasteiger partial charge on any atom is -0.466 e. The van der Waals surface area contributed by atoms with Gasteiger partial charge < -0.3 is 14.0 Å². The summed E-state index contributed by atoms with van der Waals surface area (Å²) in [5.74, 6) is -0.224. The van der Waals surface area contributed by atoms with Crippen molar-refractivity contribution in [3.63, 3.8) is 0 Å². The van der Waals surface area contributed by atoms with Crippen LogP contribution in [0, 0.1) is 0 Å². The molecule has 1 aromatic rings. The van der Waals surface area contributed by atoms with Gasteiger partial charge in [-0.1, -0.05) is 37.6 Å². The van der Waals surface area contributed by atoms with Crippen molar-refractivity contribution in [2.75, 3.05) is 6.61 Å². The van der Waals surface area contributed by atoms with Crippen LogP contribution in [0.5, 0.6) is 0 Å². The quantitative estimate of drug-likeness (QED) is 0.586. The Hall–Kier alpha value is -1.04. The van der Waals surface area contributed by atoms with Crippen molar-refractivity contribution in [2.24, 2.45) is 0 Å². The molecular formula is C19H28BClO4. The predicted molar refractivity (Wildman–Crippen MR) is 101 cm³/mol. The van der Waals surface area contributed by atoms with E-state index in [1.807, 2.05) is 59.7 Å². The zero-order chi connectivity index (χ0) is 19.0. The van der Waals surface area contributed by atoms with Gasteiger partial charge in [0.05, 0.1) is 24.2 Å². The summed E-state index contributed by atoms with van der Waals surface area (Å²) in [5.41, 5.74) is 0.567. The molecule has 1 aliphatic heterocycles. The first kappa shape index (κ1) is 20.3. The lowest BCUT2D eigenvalue weighted by Gasteiger charge is -2.32. The zero-order valence-electron chi connectivity index (χ0n) is 16.2. The maximum atomic E-state index is 11.9. The fourth-order valence-corrected chi connectivity index (χ4v) is 3.32. The number of hydrogen-bond acceptors (Lipinski definition) is 4. The normalized spacial score (nSPS) is 19.1. The first-order chi connectivity index (χ1) is 11.4. The first-order valence-electron chi connectivity index (χ1n) is 8.71. The van der Waals surface area contributed by atoms with Crippen molar-refractivity contribution in [2.45, 2.75) is 71.5 Å². The summed E-state index contributed by atoms with van der Waals surface area (Å²) in [4.78, 5) is 11.9. The van der Waals surface area contributed by atoms with Gasteiger partial charge in [0.25, 0.3) is 0 Å². The summed E-state index contributed by atoms with van der Waals surface area (Å²) in [7, 11) is -0.454. The van der Waals surface area contributed by atoms with Gasteiger partial charge in [-0.05, 0) is 51.7 Å². The second-order valence-electron chi connectivity index (χ2n) is 8.19. The SMILES string of the molecule is CCOC(=O)CC(C)(C)c1ccc(B2OC(C)(C)C(C)(C)O2)cc1Cl. The van der Waals surface area contributed by atoms with E-state index >= 15 is 0 Å². The summed E-state index contributed by atoms with van der Waals surface area (Å²) in [5, 5.41) is 0.599. The van der Waals surface area contributed by atoms with E-state index in [1.54, 1.807) is 6.92 Å². The number of hydrogen-bond donors (Lipinski definition) is 0. The van der Waals surface area contributed by atoms with E-state index in [0.717, 1.165) is 11.0 Å². The number of carbonyl (C=O) groups is 1. The van der Waals surface area contributed by atoms with Gasteiger partial charge in [0.2, 0.25) is 0 Å². The number of carbonyl (C=O) groups excluding carboxylic acids is 1. The highest BCUT2D eigenvalue weighted by atomic mass is 35.5. The van der Waals surface area contributed by atoms with Crippen molar-refractivity contribution in [3.05, 3.63) is 28.8 Å². The Morgan fingerprint density at radius 1 is 1.20 bits per heavy atom. The van der Waals surface area contributed by atoms with Gasteiger partial charge in [-0.15, -0.1) is 0 Å². The molecule has 0 unspecified atom stereocenters. The molecular weight excluding hydrogens is 338 g/mol. The average Bonchev–Trinajstić information content (AvgIpc) is 2.66. The molecule has 0 saturated carbocycles. The van der Waals surface area contributed by atoms with Crippen LogP contribution in [-0.4, -0.2) is 30.9 Å². The molecule has 0 bridgehead atoms. The molecule has 0 radical (unpaired) electrons. The van der Waals surface area contributed by atoms with Crippen LogP contribution in [-0.2, 0) is 24.3 Å². The van der Waals surface area contributed by atoms with Crippen LogP contribution in [0.15, 0.2) is 18.2 Å². The third-order valence-electron chi connectivity index (χ3n) is 5.14. The van der Waals surface area contributed by atoms with Crippen LogP contribution in [0.25, 0.3) is 0 Å². The molecule has 6 heteroatoms. The molecule has 138 valence electrons. The number of halogens is 1. The van der Waals surface area contributed by atoms with Crippen LogP contribution < -0.4 is 5.46 Å². The van der Waals surface area contributed by atoms with Crippen LogP contribution in [0.2, 0.25) is 5.02 Å². The van der Waals surface area contributed by atoms with E-state index in [0.29, 0.717) is 11.6 Å². The highest BCUT2D eigenvalue weighted by Gasteiger charge is 2.51. The molecule has 1 saturated heterocycles. The molecule has 1 aromatic carbocycles. The molecule has 0 spiro atoms. The number of rotatable bonds is 5. The highest BCUT2D eigenvalue weighted by molar-refractivity contribution is 6.62. The van der Waals surface area contributed by atoms with Gasteiger partial charge in [-0.3, -0.25) is 4.79 Å². The van der Waals surface area contributed by atoms with Crippen molar-refractivity contribution in [1.29, 1.82) is 0 Å². The van der Waals surface area contributed by atoms with E-state index in [1.165, 1.54) is 0 Å². The maximum absolute atomic E-state index is 11.9. The van der Waals surface area contributed by atoms with Gasteiger partial charge in [-0.2, -0.15) is 0 Å². The Bertz CT molecular complexity index is 639. The van der Waals surface area contributed by atoms with Gasteiger partial charge in [0.15, 0.2) is 0 Å². The van der Waals surface area contributed by atoms with Gasteiger partial charge >= 0.3 is 13.1 Å². The van der Waals surface area contributed by atoms with Crippen molar-refractivity contribution >= 4 is 30.2 Å². The Morgan fingerprint density at radius 2 is 1.76 bits per heavy atom. The number of ether oxygens (including phenoxy) is 1. The van der Waals surface area contributed by atoms with Crippen molar-refractivity contribution in [1.82, 2.24) is 0 Å². The van der Waals surface area contributed by atoms with E-state index in [2.05, 4.69) is 0 Å². The molecule has 0 N–H and O–H groups in total. The first-order valence-corrected chi connectivity index (χ1v) is 9.08. The Kier molecular flexibility index (Phi) is 5.63. The average molecular weight is 367 g/mol. The molecule has 25 heavy (non-hydrogen) atoms. The zero-order valence-corrected chi connectivity index (χ0v) is 17.0. The number of esters is 1. The molecule has 0 amide bonds. The molecule has 1 fully saturated rings. The van der Waals surface area contributed by atoms with E-state index in [-0.39, 0.29) is 12.4 Å². The fraction of sp³-hybridized carbons (Fsp3) is 0.632. The van der Waals surface area contributed by atoms with E-state index < -0.39 is 23.7 Å². The monoisotopic (exact) mass is 366 g/mol. The third kappa shape index (κ3) is 4.21. The van der Waals surface area contributed by atoms with Crippen LogP contribution in [0.4, 0.5) is 0 Å². The van der Waals surface area contributed by atoms with Crippen LogP contribution in [0.1, 0.15) is 60.5 Å². The summed E-state index contributed by atoms with van der Waals surface area (Å²) < 4.78 is 17.2. The van der Waals surface area contributed by atoms with E-state index in [9.17, 15) is 4.79 Å². The number of benzene rings is 1. The van der Waals surface area contributed by atoms with E-state index in [4.69, 9.17) is 25.6 Å². The van der Waals surface area contributed by atoms with Gasteiger partial charge in [0, 0.05) is 10.4 Å². The molecule has 0 aromatic heterocycles. The third-order valence-corrected chi connectivity index (χ3v) is 5.45. The highest BCUT2D eigenvalue weighted by Crippen LogP contribution is 2.37. The second-order valence-corrected chi connectivity index (χ2v) is 8.60. The van der Waals surface area contributed by atoms with Gasteiger partial charge in [-0.25, -0.2) is 0 Å². The van der Waals surface area contributed by atoms with Crippen molar-refractivity contribution in [3.8, 4) is 0 Å². The molecule has 4 nitrogen and oxygen atoms in total. The molecule has 0 aliphatic carbocycles. The smallest absolute Gasteiger partial charge is 0.466 e. The summed E-state index contributed by atoms with van der Waals surface area (Å²) >= 11 is 6.53. The summed E-state index contributed by atoms with van der Waals surface area (Å²) in [6.07, 6.45) is 0.274. The minimum atomic E-state index is -0.454. The second kappa shape index (κ2) is 6.94. The lowest BCUT2D eigenvalue weighted by molar-refractivity contribution is -0.144. The minimum absolute atomic E-state index is 0.224. The van der Waals surface area contributed by atoms with Crippen LogP contribution >= 0.6 is 11.6 Å². The Morgan fingerprint density at radius 3 is 2.24 bits per heavy atom. The summed E-state index contributed by atoms with van der Waals surface area (Å²) in [6.45, 7) is 14.2. The lowest BCUT2D eigenvalue weighted by atomic mass is 9.75. The molecule has 1 aliphatic rings. The maximum Gasteiger partial charge on any atom is 0.494 e. The predicted octanol–water partition coefficient (Wildman–Crippen LogP) is 3.87. The topological polar surface area (TPSA) is 44.8 Å². The summed E-state index contributed by atoms with van der Waals surface area (Å²) in [6, 6.07) is 5.77. The van der Waals surface area contributed by atoms with Crippen molar-refractivity contribution < 1.29 is 18.8 Å². The Labute approximate surface area is 156 Å². The van der Waals surface area contributed by atoms with Gasteiger partial charge in [0.1, 0.15) is 0 Å². The molecule has 1 heterocycles. The Balaban J connectivity index is 2.23.